The van der Waals surface area contributed by atoms with Gasteiger partial charge in [0.05, 0.1) is 30.0 Å². The Balaban J connectivity index is 1.73. The maximum Gasteiger partial charge on any atom is 0.338 e. The smallest absolute Gasteiger partial charge is 0.338 e. The Hall–Kier alpha value is -4.46. The van der Waals surface area contributed by atoms with Gasteiger partial charge in [-0.1, -0.05) is 38.8 Å². The molecule has 4 rings (SSSR count). The number of ketones is 1. The highest BCUT2D eigenvalue weighted by Crippen LogP contribution is 2.41. The molecule has 1 atom stereocenters. The normalized spacial score (nSPS) is 16.4. The minimum atomic E-state index is -1.00. The molecule has 0 bridgehead atoms. The maximum absolute atomic E-state index is 13.4. The van der Waals surface area contributed by atoms with Crippen LogP contribution in [0.3, 0.4) is 0 Å². The number of aliphatic hydroxyl groups excluding tert-OH is 1. The Morgan fingerprint density at radius 1 is 0.923 bits per heavy atom. The number of hydrogen-bond acceptors (Lipinski definition) is 7. The number of hydrogen-bond donors (Lipinski definition) is 1. The lowest BCUT2D eigenvalue weighted by molar-refractivity contribution is -0.132. The number of pyridine rings is 1. The van der Waals surface area contributed by atoms with Crippen molar-refractivity contribution in [3.8, 4) is 5.75 Å². The highest BCUT2D eigenvalue weighted by atomic mass is 16.5. The first-order valence-corrected chi connectivity index (χ1v) is 13.2. The van der Waals surface area contributed by atoms with Crippen LogP contribution in [-0.4, -0.2) is 41.0 Å². The van der Waals surface area contributed by atoms with E-state index in [-0.39, 0.29) is 23.5 Å². The number of Topliss-reactive ketones (excluding diaryl/α,β-unsaturated/α-hetero) is 1. The van der Waals surface area contributed by atoms with Crippen molar-refractivity contribution in [3.63, 3.8) is 0 Å². The van der Waals surface area contributed by atoms with Crippen molar-refractivity contribution in [2.45, 2.75) is 45.6 Å². The third-order valence-corrected chi connectivity index (χ3v) is 6.35. The molecular weight excluding hydrogens is 496 g/mol. The third kappa shape index (κ3) is 6.17. The SMILES string of the molecule is CCCCCOc1ccc(/C(O)=C2\C(=O)C(=O)N(c3cccc(C(=O)OCCC)c3)C2c2ccccn2)cc1. The lowest BCUT2D eigenvalue weighted by Crippen LogP contribution is -2.30. The lowest BCUT2D eigenvalue weighted by atomic mass is 9.98. The molecule has 2 aromatic carbocycles. The average molecular weight is 529 g/mol. The molecule has 1 amide bonds. The third-order valence-electron chi connectivity index (χ3n) is 6.35. The summed E-state index contributed by atoms with van der Waals surface area (Å²) in [5.74, 6) is -1.87. The summed E-state index contributed by atoms with van der Waals surface area (Å²) in [4.78, 5) is 44.9. The summed E-state index contributed by atoms with van der Waals surface area (Å²) in [6, 6.07) is 17.2. The lowest BCUT2D eigenvalue weighted by Gasteiger charge is -2.25. The molecule has 3 aromatic rings. The van der Waals surface area contributed by atoms with Crippen molar-refractivity contribution < 1.29 is 29.0 Å². The summed E-state index contributed by atoms with van der Waals surface area (Å²) >= 11 is 0. The van der Waals surface area contributed by atoms with Gasteiger partial charge in [-0.2, -0.15) is 0 Å². The number of carbonyl (C=O) groups excluding carboxylic acids is 3. The van der Waals surface area contributed by atoms with Crippen LogP contribution in [0.5, 0.6) is 5.75 Å². The molecule has 1 aliphatic heterocycles. The number of aliphatic hydroxyl groups is 1. The standard InChI is InChI=1S/C31H32N2O6/c1-3-5-8-19-38-24-15-13-21(14-16-24)28(34)26-27(25-12-6-7-17-32-25)33(30(36)29(26)35)23-11-9-10-22(20-23)31(37)39-18-4-2/h6-7,9-17,20,27,34H,3-5,8,18-19H2,1-2H3/b28-26+. The molecule has 8 nitrogen and oxygen atoms in total. The molecule has 1 fully saturated rings. The summed E-state index contributed by atoms with van der Waals surface area (Å²) < 4.78 is 11.0. The number of aromatic nitrogens is 1. The van der Waals surface area contributed by atoms with E-state index in [1.54, 1.807) is 66.9 Å². The average Bonchev–Trinajstić information content (AvgIpc) is 3.24. The van der Waals surface area contributed by atoms with Crippen LogP contribution in [0.2, 0.25) is 0 Å². The fraction of sp³-hybridized carbons (Fsp3) is 0.290. The van der Waals surface area contributed by atoms with Crippen LogP contribution in [0.4, 0.5) is 5.69 Å². The second kappa shape index (κ2) is 12.9. The molecule has 1 N–H and O–H groups in total. The van der Waals surface area contributed by atoms with Crippen molar-refractivity contribution in [2.24, 2.45) is 0 Å². The number of carbonyl (C=O) groups is 3. The number of unbranched alkanes of at least 4 members (excludes halogenated alkanes) is 2. The molecule has 1 aliphatic rings. The molecule has 2 heterocycles. The molecule has 0 aliphatic carbocycles. The first-order valence-electron chi connectivity index (χ1n) is 13.2. The van der Waals surface area contributed by atoms with E-state index < -0.39 is 23.7 Å². The zero-order chi connectivity index (χ0) is 27.8. The number of amides is 1. The summed E-state index contributed by atoms with van der Waals surface area (Å²) in [5, 5.41) is 11.3. The van der Waals surface area contributed by atoms with Gasteiger partial charge < -0.3 is 14.6 Å². The summed E-state index contributed by atoms with van der Waals surface area (Å²) in [7, 11) is 0. The minimum absolute atomic E-state index is 0.0886. The minimum Gasteiger partial charge on any atom is -0.507 e. The molecule has 1 saturated heterocycles. The Bertz CT molecular complexity index is 1350. The molecule has 8 heteroatoms. The van der Waals surface area contributed by atoms with E-state index in [0.29, 0.717) is 35.7 Å². The molecule has 1 unspecified atom stereocenters. The molecular formula is C31H32N2O6. The fourth-order valence-electron chi connectivity index (χ4n) is 4.38. The monoisotopic (exact) mass is 528 g/mol. The van der Waals surface area contributed by atoms with Gasteiger partial charge in [0.2, 0.25) is 0 Å². The topological polar surface area (TPSA) is 106 Å². The van der Waals surface area contributed by atoms with Crippen LogP contribution < -0.4 is 9.64 Å². The summed E-state index contributed by atoms with van der Waals surface area (Å²) in [6.45, 7) is 4.88. The Labute approximate surface area is 227 Å². The first kappa shape index (κ1) is 27.6. The fourth-order valence-corrected chi connectivity index (χ4v) is 4.38. The van der Waals surface area contributed by atoms with E-state index in [2.05, 4.69) is 11.9 Å². The first-order chi connectivity index (χ1) is 19.0. The van der Waals surface area contributed by atoms with Crippen LogP contribution in [0.25, 0.3) is 5.76 Å². The Morgan fingerprint density at radius 3 is 2.41 bits per heavy atom. The highest BCUT2D eigenvalue weighted by molar-refractivity contribution is 6.51. The van der Waals surface area contributed by atoms with Gasteiger partial charge in [-0.3, -0.25) is 19.5 Å². The highest BCUT2D eigenvalue weighted by Gasteiger charge is 2.47. The van der Waals surface area contributed by atoms with E-state index in [1.807, 2.05) is 6.92 Å². The van der Waals surface area contributed by atoms with Crippen molar-refractivity contribution in [3.05, 3.63) is 95.3 Å². The van der Waals surface area contributed by atoms with E-state index in [1.165, 1.54) is 11.0 Å². The van der Waals surface area contributed by atoms with Gasteiger partial charge in [0.1, 0.15) is 17.6 Å². The molecule has 0 spiro atoms. The van der Waals surface area contributed by atoms with Crippen molar-refractivity contribution in [1.29, 1.82) is 0 Å². The second-order valence-corrected chi connectivity index (χ2v) is 9.19. The van der Waals surface area contributed by atoms with E-state index in [4.69, 9.17) is 9.47 Å². The summed E-state index contributed by atoms with van der Waals surface area (Å²) in [6.07, 6.45) is 5.35. The van der Waals surface area contributed by atoms with Gasteiger partial charge in [0, 0.05) is 17.4 Å². The zero-order valence-corrected chi connectivity index (χ0v) is 22.1. The van der Waals surface area contributed by atoms with Crippen LogP contribution >= 0.6 is 0 Å². The Morgan fingerprint density at radius 2 is 1.72 bits per heavy atom. The number of ether oxygens (including phenoxy) is 2. The Kier molecular flexibility index (Phi) is 9.10. The van der Waals surface area contributed by atoms with Crippen molar-refractivity contribution in [1.82, 2.24) is 4.98 Å². The van der Waals surface area contributed by atoms with Gasteiger partial charge in [-0.05, 0) is 67.4 Å². The van der Waals surface area contributed by atoms with Gasteiger partial charge in [-0.25, -0.2) is 4.79 Å². The second-order valence-electron chi connectivity index (χ2n) is 9.19. The molecule has 202 valence electrons. The molecule has 0 radical (unpaired) electrons. The molecule has 39 heavy (non-hydrogen) atoms. The van der Waals surface area contributed by atoms with Gasteiger partial charge in [-0.15, -0.1) is 0 Å². The summed E-state index contributed by atoms with van der Waals surface area (Å²) in [5.41, 5.74) is 1.24. The van der Waals surface area contributed by atoms with Gasteiger partial charge in [0.15, 0.2) is 0 Å². The van der Waals surface area contributed by atoms with Crippen molar-refractivity contribution >= 4 is 29.1 Å². The van der Waals surface area contributed by atoms with Crippen LogP contribution in [0.15, 0.2) is 78.5 Å². The van der Waals surface area contributed by atoms with E-state index >= 15 is 0 Å². The number of nitrogens with zero attached hydrogens (tertiary/aromatic N) is 2. The molecule has 0 saturated carbocycles. The zero-order valence-electron chi connectivity index (χ0n) is 22.1. The quantitative estimate of drug-likeness (QED) is 0.109. The number of esters is 1. The molecule has 1 aromatic heterocycles. The van der Waals surface area contributed by atoms with Crippen molar-refractivity contribution in [2.75, 3.05) is 18.1 Å². The largest absolute Gasteiger partial charge is 0.507 e. The van der Waals surface area contributed by atoms with Crippen LogP contribution in [0.1, 0.15) is 67.2 Å². The number of anilines is 1. The maximum atomic E-state index is 13.4. The van der Waals surface area contributed by atoms with E-state index in [9.17, 15) is 19.5 Å². The van der Waals surface area contributed by atoms with Gasteiger partial charge >= 0.3 is 5.97 Å². The number of rotatable bonds is 11. The predicted molar refractivity (Wildman–Crippen MR) is 147 cm³/mol. The van der Waals surface area contributed by atoms with Crippen LogP contribution in [0, 0.1) is 0 Å². The predicted octanol–water partition coefficient (Wildman–Crippen LogP) is 5.84. The van der Waals surface area contributed by atoms with Gasteiger partial charge in [0.25, 0.3) is 11.7 Å². The number of benzene rings is 2. The van der Waals surface area contributed by atoms with Crippen LogP contribution in [-0.2, 0) is 14.3 Å². The van der Waals surface area contributed by atoms with E-state index in [0.717, 1.165) is 19.3 Å².